The maximum atomic E-state index is 6.14. The minimum Gasteiger partial charge on any atom is -0.310 e. The molecule has 0 atom stereocenters. The van der Waals surface area contributed by atoms with Crippen LogP contribution in [0.5, 0.6) is 0 Å². The summed E-state index contributed by atoms with van der Waals surface area (Å²) in [5, 5.41) is 5.12. The lowest BCUT2D eigenvalue weighted by Crippen LogP contribution is -2.18. The molecule has 1 aromatic carbocycles. The van der Waals surface area contributed by atoms with Crippen LogP contribution in [-0.2, 0) is 0 Å². The Morgan fingerprint density at radius 2 is 1.94 bits per heavy atom. The average molecular weight is 291 g/mol. The molecular weight excluding hydrogens is 277 g/mol. The molecule has 0 amide bonds. The molecule has 0 aliphatic heterocycles. The van der Waals surface area contributed by atoms with Crippen molar-refractivity contribution in [3.05, 3.63) is 38.3 Å². The third-order valence-corrected chi connectivity index (χ3v) is 3.87. The zero-order valence-electron chi connectivity index (χ0n) is 9.56. The lowest BCUT2D eigenvalue weighted by atomic mass is 10.1. The number of benzene rings is 1. The van der Waals surface area contributed by atoms with Gasteiger partial charge in [-0.1, -0.05) is 46.5 Å². The van der Waals surface area contributed by atoms with Crippen LogP contribution in [0.2, 0.25) is 15.1 Å². The summed E-state index contributed by atoms with van der Waals surface area (Å²) in [6, 6.07) is 4.17. The second-order valence-corrected chi connectivity index (χ2v) is 5.60. The fraction of sp³-hybridized carbons (Fsp3) is 0.385. The molecule has 1 fully saturated rings. The number of halogens is 3. The molecule has 0 spiro atoms. The molecular formula is C13H14Cl3N. The number of rotatable bonds is 4. The van der Waals surface area contributed by atoms with E-state index in [1.54, 1.807) is 12.1 Å². The zero-order chi connectivity index (χ0) is 12.4. The summed E-state index contributed by atoms with van der Waals surface area (Å²) in [4.78, 5) is 0. The van der Waals surface area contributed by atoms with Gasteiger partial charge < -0.3 is 5.32 Å². The predicted molar refractivity (Wildman–Crippen MR) is 76.1 cm³/mol. The monoisotopic (exact) mass is 289 g/mol. The Kier molecular flexibility index (Phi) is 4.37. The molecule has 1 N–H and O–H groups in total. The summed E-state index contributed by atoms with van der Waals surface area (Å²) in [6.07, 6.45) is 4.56. The standard InChI is InChI=1S/C13H14Cl3N/c1-8(7-17-9-2-3-9)6-10-11(14)4-5-12(15)13(10)16/h4-6,9,17H,2-3,7H2,1H3/b8-6-. The molecule has 1 aliphatic carbocycles. The largest absolute Gasteiger partial charge is 0.310 e. The van der Waals surface area contributed by atoms with Crippen LogP contribution in [0, 0.1) is 0 Å². The average Bonchev–Trinajstić information content (AvgIpc) is 3.11. The van der Waals surface area contributed by atoms with E-state index in [-0.39, 0.29) is 0 Å². The van der Waals surface area contributed by atoms with E-state index in [4.69, 9.17) is 34.8 Å². The summed E-state index contributed by atoms with van der Waals surface area (Å²) >= 11 is 18.2. The minimum atomic E-state index is 0.518. The summed E-state index contributed by atoms with van der Waals surface area (Å²) in [5.41, 5.74) is 2.00. The van der Waals surface area contributed by atoms with Crippen molar-refractivity contribution in [1.29, 1.82) is 0 Å². The van der Waals surface area contributed by atoms with Gasteiger partial charge in [-0.15, -0.1) is 0 Å². The van der Waals surface area contributed by atoms with E-state index in [0.717, 1.165) is 12.1 Å². The topological polar surface area (TPSA) is 12.0 Å². The summed E-state index contributed by atoms with van der Waals surface area (Å²) in [7, 11) is 0. The molecule has 17 heavy (non-hydrogen) atoms. The Morgan fingerprint density at radius 1 is 1.29 bits per heavy atom. The first kappa shape index (κ1) is 13.2. The Bertz CT molecular complexity index is 450. The summed E-state index contributed by atoms with van der Waals surface area (Å²) in [5.74, 6) is 0. The van der Waals surface area contributed by atoms with E-state index < -0.39 is 0 Å². The van der Waals surface area contributed by atoms with Gasteiger partial charge in [0.05, 0.1) is 10.0 Å². The summed E-state index contributed by atoms with van der Waals surface area (Å²) < 4.78 is 0. The Hall–Kier alpha value is -0.210. The lowest BCUT2D eigenvalue weighted by Gasteiger charge is -2.07. The first-order valence-electron chi connectivity index (χ1n) is 5.62. The van der Waals surface area contributed by atoms with Crippen LogP contribution in [0.25, 0.3) is 6.08 Å². The summed E-state index contributed by atoms with van der Waals surface area (Å²) in [6.45, 7) is 2.92. The molecule has 92 valence electrons. The van der Waals surface area contributed by atoms with Gasteiger partial charge in [0.25, 0.3) is 0 Å². The Morgan fingerprint density at radius 3 is 2.59 bits per heavy atom. The van der Waals surface area contributed by atoms with Crippen molar-refractivity contribution >= 4 is 40.9 Å². The van der Waals surface area contributed by atoms with Crippen molar-refractivity contribution in [3.8, 4) is 0 Å². The van der Waals surface area contributed by atoms with Gasteiger partial charge in [-0.05, 0) is 31.9 Å². The third kappa shape index (κ3) is 3.62. The molecule has 1 nitrogen and oxygen atoms in total. The fourth-order valence-corrected chi connectivity index (χ4v) is 2.21. The maximum absolute atomic E-state index is 6.14. The van der Waals surface area contributed by atoms with E-state index in [1.807, 2.05) is 6.08 Å². The van der Waals surface area contributed by atoms with Crippen LogP contribution in [-0.4, -0.2) is 12.6 Å². The lowest BCUT2D eigenvalue weighted by molar-refractivity contribution is 0.736. The van der Waals surface area contributed by atoms with Gasteiger partial charge in [0.2, 0.25) is 0 Å². The van der Waals surface area contributed by atoms with E-state index in [9.17, 15) is 0 Å². The van der Waals surface area contributed by atoms with Crippen LogP contribution < -0.4 is 5.32 Å². The van der Waals surface area contributed by atoms with Crippen LogP contribution >= 0.6 is 34.8 Å². The van der Waals surface area contributed by atoms with Crippen molar-refractivity contribution in [2.75, 3.05) is 6.54 Å². The molecule has 0 heterocycles. The molecule has 0 saturated heterocycles. The second-order valence-electron chi connectivity index (χ2n) is 4.40. The highest BCUT2D eigenvalue weighted by Crippen LogP contribution is 2.33. The number of nitrogens with one attached hydrogen (secondary N) is 1. The highest BCUT2D eigenvalue weighted by molar-refractivity contribution is 6.44. The van der Waals surface area contributed by atoms with E-state index >= 15 is 0 Å². The molecule has 1 aliphatic rings. The van der Waals surface area contributed by atoms with Gasteiger partial charge in [-0.2, -0.15) is 0 Å². The molecule has 0 bridgehead atoms. The Labute approximate surface area is 117 Å². The molecule has 0 aromatic heterocycles. The fourth-order valence-electron chi connectivity index (χ4n) is 1.57. The molecule has 0 radical (unpaired) electrons. The Balaban J connectivity index is 2.14. The SMILES string of the molecule is C/C(=C/c1c(Cl)ccc(Cl)c1Cl)CNC1CC1. The highest BCUT2D eigenvalue weighted by atomic mass is 35.5. The van der Waals surface area contributed by atoms with Crippen molar-refractivity contribution < 1.29 is 0 Å². The number of hydrogen-bond donors (Lipinski definition) is 1. The van der Waals surface area contributed by atoms with Crippen LogP contribution in [0.15, 0.2) is 17.7 Å². The first-order valence-corrected chi connectivity index (χ1v) is 6.75. The van der Waals surface area contributed by atoms with Gasteiger partial charge in [0.15, 0.2) is 0 Å². The quantitative estimate of drug-likeness (QED) is 0.785. The number of hydrogen-bond acceptors (Lipinski definition) is 1. The van der Waals surface area contributed by atoms with Crippen LogP contribution in [0.4, 0.5) is 0 Å². The minimum absolute atomic E-state index is 0.518. The van der Waals surface area contributed by atoms with Gasteiger partial charge in [-0.25, -0.2) is 0 Å². The molecule has 0 unspecified atom stereocenters. The second kappa shape index (κ2) is 5.62. The van der Waals surface area contributed by atoms with Crippen molar-refractivity contribution in [3.63, 3.8) is 0 Å². The van der Waals surface area contributed by atoms with Crippen LogP contribution in [0.3, 0.4) is 0 Å². The van der Waals surface area contributed by atoms with Crippen molar-refractivity contribution in [1.82, 2.24) is 5.32 Å². The third-order valence-electron chi connectivity index (χ3n) is 2.72. The van der Waals surface area contributed by atoms with Gasteiger partial charge in [0, 0.05) is 23.2 Å². The smallest absolute Gasteiger partial charge is 0.0679 e. The van der Waals surface area contributed by atoms with Crippen LogP contribution in [0.1, 0.15) is 25.3 Å². The first-order chi connectivity index (χ1) is 8.08. The van der Waals surface area contributed by atoms with E-state index in [1.165, 1.54) is 18.4 Å². The molecule has 1 aromatic rings. The van der Waals surface area contributed by atoms with E-state index in [0.29, 0.717) is 21.1 Å². The molecule has 2 rings (SSSR count). The van der Waals surface area contributed by atoms with E-state index in [2.05, 4.69) is 12.2 Å². The molecule has 4 heteroatoms. The normalized spacial score (nSPS) is 16.4. The highest BCUT2D eigenvalue weighted by Gasteiger charge is 2.19. The van der Waals surface area contributed by atoms with Crippen molar-refractivity contribution in [2.24, 2.45) is 0 Å². The zero-order valence-corrected chi connectivity index (χ0v) is 11.8. The maximum Gasteiger partial charge on any atom is 0.0679 e. The van der Waals surface area contributed by atoms with Gasteiger partial charge in [0.1, 0.15) is 0 Å². The van der Waals surface area contributed by atoms with Gasteiger partial charge in [-0.3, -0.25) is 0 Å². The van der Waals surface area contributed by atoms with Gasteiger partial charge >= 0.3 is 0 Å². The van der Waals surface area contributed by atoms with Crippen molar-refractivity contribution in [2.45, 2.75) is 25.8 Å². The molecule has 1 saturated carbocycles. The predicted octanol–water partition coefficient (Wildman–Crippen LogP) is 4.80.